The second kappa shape index (κ2) is 8.66. The fraction of sp³-hybridized carbons (Fsp3) is 0.211. The van der Waals surface area contributed by atoms with Crippen molar-refractivity contribution in [2.75, 3.05) is 19.5 Å². The first-order valence-electron chi connectivity index (χ1n) is 7.85. The molecule has 0 aliphatic heterocycles. The number of nitrogens with one attached hydrogen (secondary N) is 2. The summed E-state index contributed by atoms with van der Waals surface area (Å²) < 4.78 is 9.87. The highest BCUT2D eigenvalue weighted by molar-refractivity contribution is 5.97. The van der Waals surface area contributed by atoms with E-state index in [9.17, 15) is 14.4 Å². The molecule has 2 N–H and O–H groups in total. The Morgan fingerprint density at radius 1 is 1.04 bits per heavy atom. The monoisotopic (exact) mass is 356 g/mol. The van der Waals surface area contributed by atoms with Crippen molar-refractivity contribution in [3.05, 3.63) is 59.2 Å². The Balaban J connectivity index is 2.10. The summed E-state index contributed by atoms with van der Waals surface area (Å²) in [6.45, 7) is 1.62. The minimum atomic E-state index is -0.516. The number of carbonyl (C=O) groups is 3. The number of hydrogen-bond donors (Lipinski definition) is 2. The molecule has 136 valence electrons. The van der Waals surface area contributed by atoms with Crippen LogP contribution < -0.4 is 15.4 Å². The summed E-state index contributed by atoms with van der Waals surface area (Å²) in [4.78, 5) is 35.2. The van der Waals surface area contributed by atoms with E-state index in [-0.39, 0.29) is 23.9 Å². The molecule has 0 bridgehead atoms. The van der Waals surface area contributed by atoms with Crippen LogP contribution in [-0.4, -0.2) is 32.0 Å². The number of benzene rings is 2. The lowest BCUT2D eigenvalue weighted by Crippen LogP contribution is -2.23. The third-order valence-electron chi connectivity index (χ3n) is 3.57. The van der Waals surface area contributed by atoms with Gasteiger partial charge < -0.3 is 20.1 Å². The van der Waals surface area contributed by atoms with Gasteiger partial charge in [-0.1, -0.05) is 12.1 Å². The first kappa shape index (κ1) is 19.0. The van der Waals surface area contributed by atoms with Crippen molar-refractivity contribution in [1.82, 2.24) is 5.32 Å². The van der Waals surface area contributed by atoms with Crippen molar-refractivity contribution in [2.45, 2.75) is 13.5 Å². The van der Waals surface area contributed by atoms with Crippen LogP contribution >= 0.6 is 0 Å². The lowest BCUT2D eigenvalue weighted by molar-refractivity contribution is -0.114. The molecule has 0 aliphatic carbocycles. The van der Waals surface area contributed by atoms with E-state index in [0.29, 0.717) is 17.0 Å². The number of methoxy groups -OCH3 is 2. The van der Waals surface area contributed by atoms with Crippen LogP contribution in [0.25, 0.3) is 0 Å². The predicted molar refractivity (Wildman–Crippen MR) is 96.2 cm³/mol. The van der Waals surface area contributed by atoms with E-state index in [1.165, 1.54) is 21.1 Å². The summed E-state index contributed by atoms with van der Waals surface area (Å²) in [5.41, 5.74) is 1.97. The number of carbonyl (C=O) groups excluding carboxylic acids is 3. The Morgan fingerprint density at radius 2 is 1.81 bits per heavy atom. The predicted octanol–water partition coefficient (Wildman–Crippen LogP) is 2.37. The molecule has 0 radical (unpaired) electrons. The van der Waals surface area contributed by atoms with Gasteiger partial charge in [0.2, 0.25) is 5.91 Å². The third kappa shape index (κ3) is 4.83. The van der Waals surface area contributed by atoms with Gasteiger partial charge in [-0.3, -0.25) is 9.59 Å². The van der Waals surface area contributed by atoms with Gasteiger partial charge in [0, 0.05) is 24.7 Å². The normalized spacial score (nSPS) is 9.96. The molecule has 0 fully saturated rings. The lowest BCUT2D eigenvalue weighted by atomic mass is 10.1. The summed E-state index contributed by atoms with van der Waals surface area (Å²) in [6, 6.07) is 11.6. The van der Waals surface area contributed by atoms with Gasteiger partial charge >= 0.3 is 5.97 Å². The summed E-state index contributed by atoms with van der Waals surface area (Å²) >= 11 is 0. The Labute approximate surface area is 151 Å². The molecule has 2 rings (SSSR count). The van der Waals surface area contributed by atoms with Crippen molar-refractivity contribution >= 4 is 23.5 Å². The second-order valence-corrected chi connectivity index (χ2v) is 5.47. The van der Waals surface area contributed by atoms with E-state index < -0.39 is 5.97 Å². The average molecular weight is 356 g/mol. The molecule has 7 heteroatoms. The largest absolute Gasteiger partial charge is 0.496 e. The molecule has 26 heavy (non-hydrogen) atoms. The molecule has 2 amide bonds. The zero-order chi connectivity index (χ0) is 19.1. The Hall–Kier alpha value is -3.35. The quantitative estimate of drug-likeness (QED) is 0.775. The topological polar surface area (TPSA) is 93.7 Å². The number of anilines is 1. The third-order valence-corrected chi connectivity index (χ3v) is 3.57. The van der Waals surface area contributed by atoms with E-state index in [2.05, 4.69) is 10.6 Å². The molecule has 0 heterocycles. The number of esters is 1. The maximum atomic E-state index is 12.3. The minimum Gasteiger partial charge on any atom is -0.496 e. The van der Waals surface area contributed by atoms with Crippen LogP contribution in [0.3, 0.4) is 0 Å². The fourth-order valence-electron chi connectivity index (χ4n) is 2.36. The van der Waals surface area contributed by atoms with Crippen LogP contribution in [-0.2, 0) is 16.1 Å². The molecule has 2 aromatic carbocycles. The molecule has 0 aliphatic rings. The molecule has 0 atom stereocenters. The van der Waals surface area contributed by atoms with Gasteiger partial charge in [0.05, 0.1) is 14.2 Å². The summed E-state index contributed by atoms with van der Waals surface area (Å²) in [6.07, 6.45) is 0. The van der Waals surface area contributed by atoms with Crippen molar-refractivity contribution in [1.29, 1.82) is 0 Å². The van der Waals surface area contributed by atoms with Crippen molar-refractivity contribution in [2.24, 2.45) is 0 Å². The van der Waals surface area contributed by atoms with Crippen LogP contribution in [0.15, 0.2) is 42.5 Å². The molecule has 0 saturated carbocycles. The summed E-state index contributed by atoms with van der Waals surface area (Å²) in [5, 5.41) is 5.40. The van der Waals surface area contributed by atoms with Gasteiger partial charge in [-0.2, -0.15) is 0 Å². The zero-order valence-electron chi connectivity index (χ0n) is 14.8. The first-order chi connectivity index (χ1) is 12.4. The van der Waals surface area contributed by atoms with Crippen molar-refractivity contribution in [3.63, 3.8) is 0 Å². The molecule has 0 spiro atoms. The Kier molecular flexibility index (Phi) is 6.32. The van der Waals surface area contributed by atoms with Gasteiger partial charge in [0.15, 0.2) is 0 Å². The van der Waals surface area contributed by atoms with Gasteiger partial charge in [-0.15, -0.1) is 0 Å². The van der Waals surface area contributed by atoms with E-state index in [4.69, 9.17) is 9.47 Å². The van der Waals surface area contributed by atoms with Crippen molar-refractivity contribution < 1.29 is 23.9 Å². The summed E-state index contributed by atoms with van der Waals surface area (Å²) in [7, 11) is 2.75. The number of amides is 2. The first-order valence-corrected chi connectivity index (χ1v) is 7.85. The molecule has 7 nitrogen and oxygen atoms in total. The van der Waals surface area contributed by atoms with E-state index in [1.807, 2.05) is 0 Å². The van der Waals surface area contributed by atoms with Crippen LogP contribution in [0.2, 0.25) is 0 Å². The SMILES string of the molecule is COC(=O)c1cc(CNC(=O)c2cccc(NC(C)=O)c2)ccc1OC. The lowest BCUT2D eigenvalue weighted by Gasteiger charge is -2.11. The van der Waals surface area contributed by atoms with E-state index in [0.717, 1.165) is 5.56 Å². The zero-order valence-corrected chi connectivity index (χ0v) is 14.8. The highest BCUT2D eigenvalue weighted by atomic mass is 16.5. The Bertz CT molecular complexity index is 832. The number of hydrogen-bond acceptors (Lipinski definition) is 5. The standard InChI is InChI=1S/C19H20N2O5/c1-12(22)21-15-6-4-5-14(10-15)18(23)20-11-13-7-8-17(25-2)16(9-13)19(24)26-3/h4-10H,11H2,1-3H3,(H,20,23)(H,21,22). The van der Waals surface area contributed by atoms with E-state index in [1.54, 1.807) is 42.5 Å². The fourth-order valence-corrected chi connectivity index (χ4v) is 2.36. The molecule has 2 aromatic rings. The van der Waals surface area contributed by atoms with Gasteiger partial charge in [0.1, 0.15) is 11.3 Å². The van der Waals surface area contributed by atoms with Crippen molar-refractivity contribution in [3.8, 4) is 5.75 Å². The Morgan fingerprint density at radius 3 is 2.46 bits per heavy atom. The van der Waals surface area contributed by atoms with E-state index >= 15 is 0 Å². The highest BCUT2D eigenvalue weighted by Gasteiger charge is 2.14. The summed E-state index contributed by atoms with van der Waals surface area (Å²) in [5.74, 6) is -0.628. The maximum absolute atomic E-state index is 12.3. The molecular formula is C19H20N2O5. The van der Waals surface area contributed by atoms with Crippen LogP contribution in [0.1, 0.15) is 33.2 Å². The van der Waals surface area contributed by atoms with Gasteiger partial charge in [-0.25, -0.2) is 4.79 Å². The van der Waals surface area contributed by atoms with Gasteiger partial charge in [-0.05, 0) is 35.9 Å². The molecular weight excluding hydrogens is 336 g/mol. The highest BCUT2D eigenvalue weighted by Crippen LogP contribution is 2.21. The van der Waals surface area contributed by atoms with Crippen LogP contribution in [0, 0.1) is 0 Å². The molecule has 0 saturated heterocycles. The van der Waals surface area contributed by atoms with Gasteiger partial charge in [0.25, 0.3) is 5.91 Å². The molecule has 0 unspecified atom stereocenters. The smallest absolute Gasteiger partial charge is 0.341 e. The second-order valence-electron chi connectivity index (χ2n) is 5.47. The van der Waals surface area contributed by atoms with Crippen LogP contribution in [0.5, 0.6) is 5.75 Å². The average Bonchev–Trinajstić information content (AvgIpc) is 2.64. The van der Waals surface area contributed by atoms with Crippen LogP contribution in [0.4, 0.5) is 5.69 Å². The minimum absolute atomic E-state index is 0.212. The molecule has 0 aromatic heterocycles. The number of ether oxygens (including phenoxy) is 2. The maximum Gasteiger partial charge on any atom is 0.341 e. The number of rotatable bonds is 6.